The molecule has 0 atom stereocenters. The Morgan fingerprint density at radius 2 is 1.82 bits per heavy atom. The van der Waals surface area contributed by atoms with E-state index in [1.54, 1.807) is 19.4 Å². The van der Waals surface area contributed by atoms with Gasteiger partial charge in [-0.2, -0.15) is 0 Å². The summed E-state index contributed by atoms with van der Waals surface area (Å²) in [4.78, 5) is 12.8. The van der Waals surface area contributed by atoms with E-state index >= 15 is 0 Å². The van der Waals surface area contributed by atoms with E-state index in [0.717, 1.165) is 38.8 Å². The second-order valence-corrected chi connectivity index (χ2v) is 7.72. The van der Waals surface area contributed by atoms with Crippen molar-refractivity contribution in [1.82, 2.24) is 0 Å². The van der Waals surface area contributed by atoms with E-state index in [1.807, 2.05) is 69.3 Å². The number of para-hydroxylation sites is 2. The van der Waals surface area contributed by atoms with E-state index < -0.39 is 0 Å². The SMILES string of the molecule is CCOc1ccccc1NC(=O)/C=C(\C)c1cc2c(-c3ccccc3)coc2c(C)c1OC. The van der Waals surface area contributed by atoms with E-state index in [0.29, 0.717) is 23.8 Å². The van der Waals surface area contributed by atoms with Gasteiger partial charge in [-0.05, 0) is 50.1 Å². The standard InChI is InChI=1S/C28H27NO4/c1-5-32-25-14-10-9-13-24(25)29-26(30)15-18(2)21-16-22-23(20-11-7-6-8-12-20)17-33-28(22)19(3)27(21)31-4/h6-17H,5H2,1-4H3,(H,29,30)/b18-15+. The number of hydrogen-bond donors (Lipinski definition) is 1. The molecule has 168 valence electrons. The summed E-state index contributed by atoms with van der Waals surface area (Å²) in [6.45, 7) is 6.30. The molecule has 0 aliphatic carbocycles. The number of furan rings is 1. The van der Waals surface area contributed by atoms with E-state index in [1.165, 1.54) is 0 Å². The Bertz CT molecular complexity index is 1320. The Balaban J connectivity index is 1.73. The molecule has 0 aliphatic heterocycles. The summed E-state index contributed by atoms with van der Waals surface area (Å²) in [5.41, 5.74) is 5.99. The van der Waals surface area contributed by atoms with Crippen LogP contribution in [0.4, 0.5) is 5.69 Å². The lowest BCUT2D eigenvalue weighted by molar-refractivity contribution is -0.111. The molecule has 1 N–H and O–H groups in total. The number of methoxy groups -OCH3 is 1. The number of rotatable bonds is 7. The Kier molecular flexibility index (Phi) is 6.50. The monoisotopic (exact) mass is 441 g/mol. The van der Waals surface area contributed by atoms with Crippen molar-refractivity contribution in [3.05, 3.63) is 84.1 Å². The van der Waals surface area contributed by atoms with Crippen LogP contribution in [-0.4, -0.2) is 19.6 Å². The van der Waals surface area contributed by atoms with Crippen LogP contribution < -0.4 is 14.8 Å². The van der Waals surface area contributed by atoms with Gasteiger partial charge in [-0.3, -0.25) is 4.79 Å². The molecule has 0 unspecified atom stereocenters. The molecule has 1 aromatic heterocycles. The van der Waals surface area contributed by atoms with Gasteiger partial charge in [0.05, 0.1) is 25.7 Å². The summed E-state index contributed by atoms with van der Waals surface area (Å²) in [7, 11) is 1.63. The Hall–Kier alpha value is -3.99. The van der Waals surface area contributed by atoms with Crippen molar-refractivity contribution in [2.24, 2.45) is 0 Å². The van der Waals surface area contributed by atoms with Crippen LogP contribution in [0.15, 0.2) is 77.4 Å². The van der Waals surface area contributed by atoms with Gasteiger partial charge in [-0.1, -0.05) is 42.5 Å². The molecule has 0 aliphatic rings. The number of aryl methyl sites for hydroxylation is 1. The van der Waals surface area contributed by atoms with Crippen LogP contribution in [0.3, 0.4) is 0 Å². The second kappa shape index (κ2) is 9.65. The normalized spacial score (nSPS) is 11.5. The molecule has 1 heterocycles. The fourth-order valence-electron chi connectivity index (χ4n) is 4.01. The second-order valence-electron chi connectivity index (χ2n) is 7.72. The zero-order chi connectivity index (χ0) is 23.4. The Morgan fingerprint density at radius 1 is 1.09 bits per heavy atom. The van der Waals surface area contributed by atoms with Crippen molar-refractivity contribution in [1.29, 1.82) is 0 Å². The topological polar surface area (TPSA) is 60.7 Å². The van der Waals surface area contributed by atoms with Gasteiger partial charge >= 0.3 is 0 Å². The molecule has 5 heteroatoms. The van der Waals surface area contributed by atoms with Gasteiger partial charge in [-0.15, -0.1) is 0 Å². The molecule has 4 aromatic rings. The van der Waals surface area contributed by atoms with Crippen molar-refractivity contribution < 1.29 is 18.7 Å². The number of allylic oxidation sites excluding steroid dienone is 1. The molecule has 1 amide bonds. The molecule has 0 fully saturated rings. The first-order valence-corrected chi connectivity index (χ1v) is 10.9. The lowest BCUT2D eigenvalue weighted by Crippen LogP contribution is -2.10. The first-order valence-electron chi connectivity index (χ1n) is 10.9. The third-order valence-corrected chi connectivity index (χ3v) is 5.55. The predicted octanol–water partition coefficient (Wildman–Crippen LogP) is 6.86. The number of ether oxygens (including phenoxy) is 2. The molecule has 33 heavy (non-hydrogen) atoms. The average Bonchev–Trinajstić information content (AvgIpc) is 3.25. The number of fused-ring (bicyclic) bond motifs is 1. The fraction of sp³-hybridized carbons (Fsp3) is 0.179. The first kappa shape index (κ1) is 22.2. The number of benzene rings is 3. The van der Waals surface area contributed by atoms with Crippen molar-refractivity contribution in [3.63, 3.8) is 0 Å². The van der Waals surface area contributed by atoms with E-state index in [-0.39, 0.29) is 5.91 Å². The molecule has 0 radical (unpaired) electrons. The van der Waals surface area contributed by atoms with Crippen molar-refractivity contribution in [3.8, 4) is 22.6 Å². The number of hydrogen-bond acceptors (Lipinski definition) is 4. The minimum absolute atomic E-state index is 0.241. The van der Waals surface area contributed by atoms with E-state index in [9.17, 15) is 4.79 Å². The zero-order valence-corrected chi connectivity index (χ0v) is 19.3. The van der Waals surface area contributed by atoms with Crippen molar-refractivity contribution in [2.75, 3.05) is 19.0 Å². The molecule has 5 nitrogen and oxygen atoms in total. The summed E-state index contributed by atoms with van der Waals surface area (Å²) < 4.78 is 17.2. The fourth-order valence-corrected chi connectivity index (χ4v) is 4.01. The largest absolute Gasteiger partial charge is 0.496 e. The minimum Gasteiger partial charge on any atom is -0.496 e. The lowest BCUT2D eigenvalue weighted by Gasteiger charge is -2.14. The summed E-state index contributed by atoms with van der Waals surface area (Å²) >= 11 is 0. The molecule has 4 rings (SSSR count). The van der Waals surface area contributed by atoms with Crippen LogP contribution in [-0.2, 0) is 4.79 Å². The van der Waals surface area contributed by atoms with Crippen LogP contribution >= 0.6 is 0 Å². The third-order valence-electron chi connectivity index (χ3n) is 5.55. The van der Waals surface area contributed by atoms with Crippen LogP contribution in [0.5, 0.6) is 11.5 Å². The molecule has 0 spiro atoms. The summed E-state index contributed by atoms with van der Waals surface area (Å²) in [6, 6.07) is 19.5. The minimum atomic E-state index is -0.241. The van der Waals surface area contributed by atoms with Crippen LogP contribution in [0.1, 0.15) is 25.0 Å². The molecular weight excluding hydrogens is 414 g/mol. The number of nitrogens with one attached hydrogen (secondary N) is 1. The van der Waals surface area contributed by atoms with Gasteiger partial charge in [0, 0.05) is 28.2 Å². The predicted molar refractivity (Wildman–Crippen MR) is 133 cm³/mol. The van der Waals surface area contributed by atoms with Gasteiger partial charge in [0.1, 0.15) is 17.1 Å². The van der Waals surface area contributed by atoms with Crippen molar-refractivity contribution in [2.45, 2.75) is 20.8 Å². The number of amides is 1. The third kappa shape index (κ3) is 4.48. The Morgan fingerprint density at radius 3 is 2.55 bits per heavy atom. The number of carbonyl (C=O) groups excluding carboxylic acids is 1. The molecular formula is C28H27NO4. The van der Waals surface area contributed by atoms with Crippen LogP contribution in [0, 0.1) is 6.92 Å². The smallest absolute Gasteiger partial charge is 0.248 e. The molecule has 3 aromatic carbocycles. The number of carbonyl (C=O) groups is 1. The summed E-state index contributed by atoms with van der Waals surface area (Å²) in [5, 5.41) is 3.89. The first-order chi connectivity index (χ1) is 16.0. The summed E-state index contributed by atoms with van der Waals surface area (Å²) in [6.07, 6.45) is 3.35. The number of anilines is 1. The maximum Gasteiger partial charge on any atom is 0.248 e. The molecule has 0 bridgehead atoms. The van der Waals surface area contributed by atoms with Gasteiger partial charge < -0.3 is 19.2 Å². The Labute approximate surface area is 193 Å². The maximum absolute atomic E-state index is 12.8. The lowest BCUT2D eigenvalue weighted by atomic mass is 9.96. The highest BCUT2D eigenvalue weighted by Crippen LogP contribution is 2.40. The highest BCUT2D eigenvalue weighted by Gasteiger charge is 2.19. The maximum atomic E-state index is 12.8. The highest BCUT2D eigenvalue weighted by atomic mass is 16.5. The quantitative estimate of drug-likeness (QED) is 0.318. The average molecular weight is 442 g/mol. The van der Waals surface area contributed by atoms with E-state index in [4.69, 9.17) is 13.9 Å². The van der Waals surface area contributed by atoms with E-state index in [2.05, 4.69) is 17.4 Å². The molecule has 0 saturated heterocycles. The van der Waals surface area contributed by atoms with Gasteiger partial charge in [0.15, 0.2) is 0 Å². The molecule has 0 saturated carbocycles. The summed E-state index contributed by atoms with van der Waals surface area (Å²) in [5.74, 6) is 1.09. The van der Waals surface area contributed by atoms with Gasteiger partial charge in [-0.25, -0.2) is 0 Å². The highest BCUT2D eigenvalue weighted by molar-refractivity contribution is 6.06. The van der Waals surface area contributed by atoms with Crippen LogP contribution in [0.25, 0.3) is 27.7 Å². The van der Waals surface area contributed by atoms with Gasteiger partial charge in [0.25, 0.3) is 0 Å². The van der Waals surface area contributed by atoms with Crippen molar-refractivity contribution >= 4 is 28.1 Å². The van der Waals surface area contributed by atoms with Gasteiger partial charge in [0.2, 0.25) is 5.91 Å². The zero-order valence-electron chi connectivity index (χ0n) is 19.3. The van der Waals surface area contributed by atoms with Crippen LogP contribution in [0.2, 0.25) is 0 Å².